The van der Waals surface area contributed by atoms with E-state index < -0.39 is 0 Å². The van der Waals surface area contributed by atoms with Crippen molar-refractivity contribution in [1.82, 2.24) is 0 Å². The Kier molecular flexibility index (Phi) is 4.81. The molecule has 0 aromatic heterocycles. The van der Waals surface area contributed by atoms with Crippen molar-refractivity contribution in [3.05, 3.63) is 29.3 Å². The van der Waals surface area contributed by atoms with Gasteiger partial charge in [0.05, 0.1) is 7.11 Å². The lowest BCUT2D eigenvalue weighted by molar-refractivity contribution is 0.401. The molecule has 2 nitrogen and oxygen atoms in total. The number of aryl methyl sites for hydroxylation is 1. The van der Waals surface area contributed by atoms with Gasteiger partial charge in [-0.1, -0.05) is 31.5 Å². The molecule has 0 amide bonds. The lowest BCUT2D eigenvalue weighted by Crippen LogP contribution is -2.12. The van der Waals surface area contributed by atoms with Gasteiger partial charge in [0, 0.05) is 11.6 Å². The van der Waals surface area contributed by atoms with Gasteiger partial charge in [-0.2, -0.15) is 0 Å². The van der Waals surface area contributed by atoms with Gasteiger partial charge in [-0.15, -0.1) is 0 Å². The van der Waals surface area contributed by atoms with Crippen molar-refractivity contribution in [2.24, 2.45) is 11.7 Å². The van der Waals surface area contributed by atoms with Gasteiger partial charge in [-0.3, -0.25) is 0 Å². The fraction of sp³-hybridized carbons (Fsp3) is 0.571. The zero-order valence-corrected chi connectivity index (χ0v) is 10.8. The Morgan fingerprint density at radius 2 is 1.94 bits per heavy atom. The van der Waals surface area contributed by atoms with Crippen LogP contribution >= 0.6 is 0 Å². The van der Waals surface area contributed by atoms with Crippen LogP contribution in [0.5, 0.6) is 5.75 Å². The van der Waals surface area contributed by atoms with Crippen LogP contribution in [0.4, 0.5) is 0 Å². The van der Waals surface area contributed by atoms with Crippen LogP contribution in [-0.4, -0.2) is 7.11 Å². The Morgan fingerprint density at radius 3 is 2.50 bits per heavy atom. The second kappa shape index (κ2) is 5.90. The van der Waals surface area contributed by atoms with Gasteiger partial charge >= 0.3 is 0 Å². The molecule has 0 saturated heterocycles. The van der Waals surface area contributed by atoms with E-state index in [0.29, 0.717) is 5.92 Å². The number of benzene rings is 1. The number of nitrogens with two attached hydrogens (primary N) is 1. The predicted octanol–water partition coefficient (Wildman–Crippen LogP) is 3.44. The van der Waals surface area contributed by atoms with Gasteiger partial charge in [0.1, 0.15) is 5.75 Å². The summed E-state index contributed by atoms with van der Waals surface area (Å²) in [5.41, 5.74) is 8.57. The molecule has 1 aromatic rings. The molecule has 0 aliphatic rings. The lowest BCUT2D eigenvalue weighted by atomic mass is 9.96. The Bertz CT molecular complexity index is 334. The Hall–Kier alpha value is -1.02. The third-order valence-corrected chi connectivity index (χ3v) is 2.84. The van der Waals surface area contributed by atoms with Crippen molar-refractivity contribution in [1.29, 1.82) is 0 Å². The van der Waals surface area contributed by atoms with Crippen molar-refractivity contribution in [2.75, 3.05) is 7.11 Å². The second-order valence-electron chi connectivity index (χ2n) is 4.82. The highest BCUT2D eigenvalue weighted by Crippen LogP contribution is 2.28. The Labute approximate surface area is 98.8 Å². The normalized spacial score (nSPS) is 12.9. The van der Waals surface area contributed by atoms with Crippen molar-refractivity contribution >= 4 is 0 Å². The summed E-state index contributed by atoms with van der Waals surface area (Å²) < 4.78 is 5.35. The van der Waals surface area contributed by atoms with E-state index in [2.05, 4.69) is 32.9 Å². The summed E-state index contributed by atoms with van der Waals surface area (Å²) in [6.07, 6.45) is 2.16. The standard InChI is InChI=1S/C14H23NO/c1-10(2)5-7-13(15)12-9-11(3)6-8-14(12)16-4/h6,8-10,13H,5,7,15H2,1-4H3. The molecular weight excluding hydrogens is 198 g/mol. The molecule has 90 valence electrons. The van der Waals surface area contributed by atoms with Crippen LogP contribution in [-0.2, 0) is 0 Å². The van der Waals surface area contributed by atoms with Crippen LogP contribution in [0.15, 0.2) is 18.2 Å². The molecule has 2 heteroatoms. The molecule has 1 atom stereocenters. The molecular formula is C14H23NO. The van der Waals surface area contributed by atoms with Crippen LogP contribution in [0.1, 0.15) is 43.9 Å². The van der Waals surface area contributed by atoms with Crippen molar-refractivity contribution in [3.63, 3.8) is 0 Å². The summed E-state index contributed by atoms with van der Waals surface area (Å²) in [5, 5.41) is 0. The number of hydrogen-bond acceptors (Lipinski definition) is 2. The van der Waals surface area contributed by atoms with Crippen LogP contribution in [0.2, 0.25) is 0 Å². The first-order chi connectivity index (χ1) is 7.54. The largest absolute Gasteiger partial charge is 0.496 e. The maximum Gasteiger partial charge on any atom is 0.123 e. The smallest absolute Gasteiger partial charge is 0.123 e. The lowest BCUT2D eigenvalue weighted by Gasteiger charge is -2.17. The fourth-order valence-electron chi connectivity index (χ4n) is 1.81. The summed E-state index contributed by atoms with van der Waals surface area (Å²) in [6, 6.07) is 6.26. The molecule has 0 radical (unpaired) electrons. The number of ether oxygens (including phenoxy) is 1. The summed E-state index contributed by atoms with van der Waals surface area (Å²) in [5.74, 6) is 1.60. The number of hydrogen-bond donors (Lipinski definition) is 1. The quantitative estimate of drug-likeness (QED) is 0.826. The average molecular weight is 221 g/mol. The molecule has 0 fully saturated rings. The summed E-state index contributed by atoms with van der Waals surface area (Å²) in [4.78, 5) is 0. The molecule has 0 spiro atoms. The topological polar surface area (TPSA) is 35.2 Å². The van der Waals surface area contributed by atoms with Gasteiger partial charge in [-0.05, 0) is 31.7 Å². The van der Waals surface area contributed by atoms with E-state index in [9.17, 15) is 0 Å². The molecule has 1 rings (SSSR count). The van der Waals surface area contributed by atoms with E-state index in [1.165, 1.54) is 5.56 Å². The summed E-state index contributed by atoms with van der Waals surface area (Å²) in [6.45, 7) is 6.53. The van der Waals surface area contributed by atoms with Crippen LogP contribution in [0, 0.1) is 12.8 Å². The molecule has 0 bridgehead atoms. The molecule has 0 heterocycles. The summed E-state index contributed by atoms with van der Waals surface area (Å²) >= 11 is 0. The molecule has 2 N–H and O–H groups in total. The highest BCUT2D eigenvalue weighted by molar-refractivity contribution is 5.38. The van der Waals surface area contributed by atoms with Crippen molar-refractivity contribution in [3.8, 4) is 5.75 Å². The molecule has 0 aliphatic carbocycles. The highest BCUT2D eigenvalue weighted by Gasteiger charge is 2.12. The average Bonchev–Trinajstić information content (AvgIpc) is 2.25. The summed E-state index contributed by atoms with van der Waals surface area (Å²) in [7, 11) is 1.70. The third-order valence-electron chi connectivity index (χ3n) is 2.84. The second-order valence-corrected chi connectivity index (χ2v) is 4.82. The minimum atomic E-state index is 0.0808. The van der Waals surface area contributed by atoms with E-state index in [1.807, 2.05) is 6.07 Å². The first-order valence-corrected chi connectivity index (χ1v) is 5.94. The minimum absolute atomic E-state index is 0.0808. The van der Waals surface area contributed by atoms with Gasteiger partial charge in [0.25, 0.3) is 0 Å². The molecule has 1 unspecified atom stereocenters. The maximum atomic E-state index is 6.21. The number of methoxy groups -OCH3 is 1. The minimum Gasteiger partial charge on any atom is -0.496 e. The molecule has 0 saturated carbocycles. The van der Waals surface area contributed by atoms with Gasteiger partial charge in [0.15, 0.2) is 0 Å². The van der Waals surface area contributed by atoms with Gasteiger partial charge in [0.2, 0.25) is 0 Å². The van der Waals surface area contributed by atoms with Crippen LogP contribution < -0.4 is 10.5 Å². The number of rotatable bonds is 5. The van der Waals surface area contributed by atoms with Crippen LogP contribution in [0.25, 0.3) is 0 Å². The van der Waals surface area contributed by atoms with Gasteiger partial charge < -0.3 is 10.5 Å². The van der Waals surface area contributed by atoms with E-state index in [1.54, 1.807) is 7.11 Å². The van der Waals surface area contributed by atoms with Gasteiger partial charge in [-0.25, -0.2) is 0 Å². The highest BCUT2D eigenvalue weighted by atomic mass is 16.5. The predicted molar refractivity (Wildman–Crippen MR) is 68.7 cm³/mol. The van der Waals surface area contributed by atoms with E-state index in [0.717, 1.165) is 24.2 Å². The Morgan fingerprint density at radius 1 is 1.25 bits per heavy atom. The van der Waals surface area contributed by atoms with Crippen molar-refractivity contribution in [2.45, 2.75) is 39.7 Å². The molecule has 16 heavy (non-hydrogen) atoms. The molecule has 1 aromatic carbocycles. The first-order valence-electron chi connectivity index (χ1n) is 5.94. The Balaban J connectivity index is 2.80. The fourth-order valence-corrected chi connectivity index (χ4v) is 1.81. The maximum absolute atomic E-state index is 6.21. The zero-order chi connectivity index (χ0) is 12.1. The zero-order valence-electron chi connectivity index (χ0n) is 10.8. The third kappa shape index (κ3) is 3.53. The van der Waals surface area contributed by atoms with E-state index in [4.69, 9.17) is 10.5 Å². The molecule has 0 aliphatic heterocycles. The van der Waals surface area contributed by atoms with Crippen LogP contribution in [0.3, 0.4) is 0 Å². The van der Waals surface area contributed by atoms with E-state index in [-0.39, 0.29) is 6.04 Å². The van der Waals surface area contributed by atoms with Crippen molar-refractivity contribution < 1.29 is 4.74 Å². The SMILES string of the molecule is COc1ccc(C)cc1C(N)CCC(C)C. The van der Waals surface area contributed by atoms with E-state index >= 15 is 0 Å². The monoisotopic (exact) mass is 221 g/mol. The first kappa shape index (κ1) is 13.0.